The third kappa shape index (κ3) is 3.27. The number of nitrogens with zero attached hydrogens (tertiary/aromatic N) is 1. The van der Waals surface area contributed by atoms with E-state index in [2.05, 4.69) is 0 Å². The number of rotatable bonds is 4. The summed E-state index contributed by atoms with van der Waals surface area (Å²) in [6.07, 6.45) is 1.09. The van der Waals surface area contributed by atoms with Crippen molar-refractivity contribution in [3.8, 4) is 0 Å². The predicted octanol–water partition coefficient (Wildman–Crippen LogP) is 2.13. The van der Waals surface area contributed by atoms with Crippen molar-refractivity contribution in [2.24, 2.45) is 0 Å². The standard InChI is InChI=1S/C13H13F2NO3S/c14-8-3-4-11(9(15)6-8)20-7-12(17)16-5-1-2-10(16)13(18)19/h3-4,6,10H,1-2,5,7H2,(H,18,19)/t10-/m1/s1. The largest absolute Gasteiger partial charge is 0.480 e. The molecule has 1 heterocycles. The summed E-state index contributed by atoms with van der Waals surface area (Å²) in [7, 11) is 0. The molecule has 20 heavy (non-hydrogen) atoms. The molecule has 4 nitrogen and oxygen atoms in total. The number of aliphatic carboxylic acids is 1. The Morgan fingerprint density at radius 3 is 2.80 bits per heavy atom. The van der Waals surface area contributed by atoms with Crippen LogP contribution in [0.1, 0.15) is 12.8 Å². The maximum Gasteiger partial charge on any atom is 0.326 e. The van der Waals surface area contributed by atoms with Crippen LogP contribution in [0.15, 0.2) is 23.1 Å². The van der Waals surface area contributed by atoms with Gasteiger partial charge < -0.3 is 10.0 Å². The summed E-state index contributed by atoms with van der Waals surface area (Å²) in [5.41, 5.74) is 0. The Balaban J connectivity index is 1.96. The van der Waals surface area contributed by atoms with Gasteiger partial charge in [-0.05, 0) is 25.0 Å². The average molecular weight is 301 g/mol. The predicted molar refractivity (Wildman–Crippen MR) is 69.5 cm³/mol. The third-order valence-electron chi connectivity index (χ3n) is 3.10. The van der Waals surface area contributed by atoms with Gasteiger partial charge in [-0.3, -0.25) is 4.79 Å². The van der Waals surface area contributed by atoms with Crippen LogP contribution in [-0.4, -0.2) is 40.2 Å². The first kappa shape index (κ1) is 14.8. The molecule has 0 saturated carbocycles. The molecule has 1 aliphatic rings. The van der Waals surface area contributed by atoms with Crippen LogP contribution in [0.3, 0.4) is 0 Å². The first-order chi connectivity index (χ1) is 9.49. The van der Waals surface area contributed by atoms with E-state index >= 15 is 0 Å². The van der Waals surface area contributed by atoms with Gasteiger partial charge in [0.15, 0.2) is 0 Å². The lowest BCUT2D eigenvalue weighted by Crippen LogP contribution is -2.41. The van der Waals surface area contributed by atoms with Crippen LogP contribution in [0.25, 0.3) is 0 Å². The highest BCUT2D eigenvalue weighted by Crippen LogP contribution is 2.24. The quantitative estimate of drug-likeness (QED) is 0.866. The Morgan fingerprint density at radius 2 is 2.15 bits per heavy atom. The van der Waals surface area contributed by atoms with Crippen molar-refractivity contribution in [2.45, 2.75) is 23.8 Å². The Bertz CT molecular complexity index is 538. The number of benzene rings is 1. The summed E-state index contributed by atoms with van der Waals surface area (Å²) in [6, 6.07) is 2.34. The summed E-state index contributed by atoms with van der Waals surface area (Å²) < 4.78 is 26.1. The van der Waals surface area contributed by atoms with Crippen molar-refractivity contribution in [3.63, 3.8) is 0 Å². The van der Waals surface area contributed by atoms with E-state index in [0.29, 0.717) is 19.4 Å². The number of carbonyl (C=O) groups excluding carboxylic acids is 1. The second-order valence-corrected chi connectivity index (χ2v) is 5.46. The lowest BCUT2D eigenvalue weighted by Gasteiger charge is -2.21. The molecule has 0 unspecified atom stereocenters. The summed E-state index contributed by atoms with van der Waals surface area (Å²) in [5, 5.41) is 8.99. The maximum atomic E-state index is 13.4. The van der Waals surface area contributed by atoms with E-state index in [-0.39, 0.29) is 16.6 Å². The average Bonchev–Trinajstić information content (AvgIpc) is 2.86. The van der Waals surface area contributed by atoms with Gasteiger partial charge in [0.05, 0.1) is 5.75 Å². The molecule has 7 heteroatoms. The first-order valence-electron chi connectivity index (χ1n) is 6.09. The van der Waals surface area contributed by atoms with Gasteiger partial charge in [0.2, 0.25) is 5.91 Å². The number of halogens is 2. The van der Waals surface area contributed by atoms with E-state index in [9.17, 15) is 18.4 Å². The van der Waals surface area contributed by atoms with Gasteiger partial charge in [0, 0.05) is 17.5 Å². The monoisotopic (exact) mass is 301 g/mol. The zero-order chi connectivity index (χ0) is 14.7. The SMILES string of the molecule is O=C(O)[C@H]1CCCN1C(=O)CSc1ccc(F)cc1F. The number of amides is 1. The van der Waals surface area contributed by atoms with Crippen molar-refractivity contribution >= 4 is 23.6 Å². The van der Waals surface area contributed by atoms with Crippen molar-refractivity contribution in [1.29, 1.82) is 0 Å². The van der Waals surface area contributed by atoms with Crippen molar-refractivity contribution in [1.82, 2.24) is 4.90 Å². The van der Waals surface area contributed by atoms with E-state index in [1.807, 2.05) is 0 Å². The summed E-state index contributed by atoms with van der Waals surface area (Å²) in [6.45, 7) is 0.405. The molecule has 1 aromatic carbocycles. The number of hydrogen-bond acceptors (Lipinski definition) is 3. The topological polar surface area (TPSA) is 57.6 Å². The van der Waals surface area contributed by atoms with E-state index in [4.69, 9.17) is 5.11 Å². The van der Waals surface area contributed by atoms with Gasteiger partial charge in [-0.25, -0.2) is 13.6 Å². The highest BCUT2D eigenvalue weighted by Gasteiger charge is 2.33. The van der Waals surface area contributed by atoms with Crippen LogP contribution in [0.2, 0.25) is 0 Å². The van der Waals surface area contributed by atoms with E-state index < -0.39 is 23.6 Å². The van der Waals surface area contributed by atoms with Gasteiger partial charge >= 0.3 is 5.97 Å². The van der Waals surface area contributed by atoms with Crippen molar-refractivity contribution < 1.29 is 23.5 Å². The molecule has 1 saturated heterocycles. The van der Waals surface area contributed by atoms with Crippen LogP contribution in [0, 0.1) is 11.6 Å². The van der Waals surface area contributed by atoms with E-state index in [1.54, 1.807) is 0 Å². The number of carbonyl (C=O) groups is 2. The lowest BCUT2D eigenvalue weighted by atomic mass is 10.2. The molecule has 108 valence electrons. The second-order valence-electron chi connectivity index (χ2n) is 4.45. The summed E-state index contributed by atoms with van der Waals surface area (Å²) in [4.78, 5) is 24.4. The van der Waals surface area contributed by atoms with Gasteiger partial charge in [-0.15, -0.1) is 11.8 Å². The fourth-order valence-corrected chi connectivity index (χ4v) is 2.94. The number of likely N-dealkylation sites (tertiary alicyclic amines) is 1. The minimum Gasteiger partial charge on any atom is -0.480 e. The van der Waals surface area contributed by atoms with Crippen LogP contribution >= 0.6 is 11.8 Å². The fourth-order valence-electron chi connectivity index (χ4n) is 2.14. The van der Waals surface area contributed by atoms with Crippen molar-refractivity contribution in [3.05, 3.63) is 29.8 Å². The van der Waals surface area contributed by atoms with Crippen LogP contribution in [-0.2, 0) is 9.59 Å². The molecule has 1 atom stereocenters. The number of carboxylic acid groups (broad SMARTS) is 1. The van der Waals surface area contributed by atoms with Crippen molar-refractivity contribution in [2.75, 3.05) is 12.3 Å². The highest BCUT2D eigenvalue weighted by atomic mass is 32.2. The van der Waals surface area contributed by atoms with Crippen LogP contribution < -0.4 is 0 Å². The normalized spacial score (nSPS) is 18.3. The van der Waals surface area contributed by atoms with Gasteiger partial charge in [-0.1, -0.05) is 0 Å². The highest BCUT2D eigenvalue weighted by molar-refractivity contribution is 8.00. The molecule has 1 fully saturated rings. The fraction of sp³-hybridized carbons (Fsp3) is 0.385. The molecule has 1 aliphatic heterocycles. The Hall–Kier alpha value is -1.63. The Kier molecular flexibility index (Phi) is 4.59. The van der Waals surface area contributed by atoms with Crippen LogP contribution in [0.4, 0.5) is 8.78 Å². The Morgan fingerprint density at radius 1 is 1.40 bits per heavy atom. The molecule has 0 spiro atoms. The van der Waals surface area contributed by atoms with Gasteiger partial charge in [-0.2, -0.15) is 0 Å². The molecule has 1 N–H and O–H groups in total. The molecule has 0 aromatic heterocycles. The molecule has 1 aromatic rings. The number of carboxylic acids is 1. The Labute approximate surface area is 118 Å². The summed E-state index contributed by atoms with van der Waals surface area (Å²) >= 11 is 0.939. The van der Waals surface area contributed by atoms with E-state index in [0.717, 1.165) is 23.9 Å². The first-order valence-corrected chi connectivity index (χ1v) is 7.07. The number of thioether (sulfide) groups is 1. The zero-order valence-corrected chi connectivity index (χ0v) is 11.3. The minimum atomic E-state index is -1.02. The third-order valence-corrected chi connectivity index (χ3v) is 4.14. The zero-order valence-electron chi connectivity index (χ0n) is 10.5. The van der Waals surface area contributed by atoms with Gasteiger partial charge in [0.1, 0.15) is 17.7 Å². The van der Waals surface area contributed by atoms with E-state index in [1.165, 1.54) is 11.0 Å². The number of hydrogen-bond donors (Lipinski definition) is 1. The summed E-state index contributed by atoms with van der Waals surface area (Å²) in [5.74, 6) is -2.83. The molecule has 2 rings (SSSR count). The maximum absolute atomic E-state index is 13.4. The molecule has 0 aliphatic carbocycles. The van der Waals surface area contributed by atoms with Crippen LogP contribution in [0.5, 0.6) is 0 Å². The molecular weight excluding hydrogens is 288 g/mol. The molecule has 0 bridgehead atoms. The minimum absolute atomic E-state index is 0.0632. The lowest BCUT2D eigenvalue weighted by molar-refractivity contribution is -0.147. The smallest absolute Gasteiger partial charge is 0.326 e. The molecular formula is C13H13F2NO3S. The second kappa shape index (κ2) is 6.21. The molecule has 0 radical (unpaired) electrons. The van der Waals surface area contributed by atoms with Gasteiger partial charge in [0.25, 0.3) is 0 Å². The molecule has 1 amide bonds.